The summed E-state index contributed by atoms with van der Waals surface area (Å²) in [7, 11) is -3.48. The largest absolute Gasteiger partial charge is 0.466 e. The Hall–Kier alpha value is -0.660. The van der Waals surface area contributed by atoms with Crippen LogP contribution in [0.4, 0.5) is 0 Å². The Kier molecular flexibility index (Phi) is 5.97. The fourth-order valence-corrected chi connectivity index (χ4v) is 3.74. The predicted molar refractivity (Wildman–Crippen MR) is 77.4 cm³/mol. The summed E-state index contributed by atoms with van der Waals surface area (Å²) < 4.78 is 33.6. The number of carbonyl (C=O) groups is 1. The SMILES string of the molecule is CCOC(=O)C1CCN(S(=O)(=O)NC(C)(C)CC)CC1. The van der Waals surface area contributed by atoms with E-state index in [2.05, 4.69) is 4.72 Å². The normalized spacial score (nSPS) is 19.0. The molecular formula is C13H26N2O4S. The van der Waals surface area contributed by atoms with Crippen molar-refractivity contribution < 1.29 is 17.9 Å². The molecule has 0 bridgehead atoms. The molecule has 1 aliphatic rings. The first-order chi connectivity index (χ1) is 9.22. The van der Waals surface area contributed by atoms with E-state index in [0.717, 1.165) is 0 Å². The van der Waals surface area contributed by atoms with Crippen molar-refractivity contribution >= 4 is 16.2 Å². The maximum Gasteiger partial charge on any atom is 0.309 e. The van der Waals surface area contributed by atoms with E-state index < -0.39 is 15.7 Å². The van der Waals surface area contributed by atoms with E-state index in [1.54, 1.807) is 6.92 Å². The van der Waals surface area contributed by atoms with Gasteiger partial charge in [-0.05, 0) is 40.0 Å². The Morgan fingerprint density at radius 2 is 1.85 bits per heavy atom. The number of nitrogens with one attached hydrogen (secondary N) is 1. The summed E-state index contributed by atoms with van der Waals surface area (Å²) in [5.74, 6) is -0.396. The van der Waals surface area contributed by atoms with Crippen molar-refractivity contribution in [3.8, 4) is 0 Å². The van der Waals surface area contributed by atoms with Gasteiger partial charge in [0.25, 0.3) is 10.2 Å². The number of ether oxygens (including phenoxy) is 1. The van der Waals surface area contributed by atoms with Crippen molar-refractivity contribution in [1.82, 2.24) is 9.03 Å². The summed E-state index contributed by atoms with van der Waals surface area (Å²) in [6.07, 6.45) is 1.75. The van der Waals surface area contributed by atoms with E-state index in [9.17, 15) is 13.2 Å². The summed E-state index contributed by atoms with van der Waals surface area (Å²) in [5, 5.41) is 0. The van der Waals surface area contributed by atoms with Gasteiger partial charge in [-0.3, -0.25) is 4.79 Å². The average Bonchev–Trinajstić information content (AvgIpc) is 2.38. The second-order valence-electron chi connectivity index (χ2n) is 5.77. The summed E-state index contributed by atoms with van der Waals surface area (Å²) in [4.78, 5) is 11.6. The molecule has 1 rings (SSSR count). The van der Waals surface area contributed by atoms with Crippen LogP contribution in [-0.4, -0.2) is 43.9 Å². The van der Waals surface area contributed by atoms with E-state index in [-0.39, 0.29) is 11.9 Å². The topological polar surface area (TPSA) is 75.7 Å². The Labute approximate surface area is 122 Å². The number of nitrogens with zero attached hydrogens (tertiary/aromatic N) is 1. The molecule has 0 amide bonds. The van der Waals surface area contributed by atoms with E-state index in [4.69, 9.17) is 4.74 Å². The van der Waals surface area contributed by atoms with Gasteiger partial charge in [-0.2, -0.15) is 17.4 Å². The van der Waals surface area contributed by atoms with Crippen LogP contribution in [-0.2, 0) is 19.7 Å². The minimum absolute atomic E-state index is 0.180. The summed E-state index contributed by atoms with van der Waals surface area (Å²) in [6, 6.07) is 0. The van der Waals surface area contributed by atoms with Crippen LogP contribution in [0.15, 0.2) is 0 Å². The van der Waals surface area contributed by atoms with Crippen LogP contribution in [0.3, 0.4) is 0 Å². The highest BCUT2D eigenvalue weighted by Gasteiger charge is 2.34. The third kappa shape index (κ3) is 4.71. The first-order valence-electron chi connectivity index (χ1n) is 7.17. The van der Waals surface area contributed by atoms with Crippen molar-refractivity contribution in [2.24, 2.45) is 5.92 Å². The smallest absolute Gasteiger partial charge is 0.309 e. The predicted octanol–water partition coefficient (Wildman–Crippen LogP) is 1.28. The molecule has 0 radical (unpaired) electrons. The molecule has 6 nitrogen and oxygen atoms in total. The summed E-state index contributed by atoms with van der Waals surface area (Å²) in [5.41, 5.74) is -0.461. The summed E-state index contributed by atoms with van der Waals surface area (Å²) in [6.45, 7) is 8.51. The zero-order chi connectivity index (χ0) is 15.4. The summed E-state index contributed by atoms with van der Waals surface area (Å²) >= 11 is 0. The van der Waals surface area contributed by atoms with Gasteiger partial charge in [-0.25, -0.2) is 0 Å². The molecule has 1 aliphatic heterocycles. The first-order valence-corrected chi connectivity index (χ1v) is 8.61. The van der Waals surface area contributed by atoms with Crippen molar-refractivity contribution in [3.63, 3.8) is 0 Å². The van der Waals surface area contributed by atoms with Gasteiger partial charge in [0.05, 0.1) is 12.5 Å². The van der Waals surface area contributed by atoms with Crippen LogP contribution in [0.2, 0.25) is 0 Å². The minimum atomic E-state index is -3.48. The van der Waals surface area contributed by atoms with Crippen molar-refractivity contribution in [3.05, 3.63) is 0 Å². The lowest BCUT2D eigenvalue weighted by atomic mass is 9.98. The number of hydrogen-bond acceptors (Lipinski definition) is 4. The Bertz CT molecular complexity index is 426. The van der Waals surface area contributed by atoms with Crippen LogP contribution in [0, 0.1) is 5.92 Å². The van der Waals surface area contributed by atoms with Crippen LogP contribution < -0.4 is 4.72 Å². The monoisotopic (exact) mass is 306 g/mol. The van der Waals surface area contributed by atoms with Gasteiger partial charge in [0, 0.05) is 18.6 Å². The molecule has 0 unspecified atom stereocenters. The van der Waals surface area contributed by atoms with Crippen LogP contribution in [0.5, 0.6) is 0 Å². The lowest BCUT2D eigenvalue weighted by Gasteiger charge is -2.33. The lowest BCUT2D eigenvalue weighted by molar-refractivity contribution is -0.149. The zero-order valence-corrected chi connectivity index (χ0v) is 13.6. The quantitative estimate of drug-likeness (QED) is 0.750. The molecule has 1 N–H and O–H groups in total. The molecule has 0 aliphatic carbocycles. The average molecular weight is 306 g/mol. The molecule has 0 atom stereocenters. The van der Waals surface area contributed by atoms with E-state index in [1.165, 1.54) is 4.31 Å². The minimum Gasteiger partial charge on any atom is -0.466 e. The molecule has 1 heterocycles. The number of esters is 1. The van der Waals surface area contributed by atoms with E-state index >= 15 is 0 Å². The van der Waals surface area contributed by atoms with E-state index in [0.29, 0.717) is 39.0 Å². The molecule has 0 spiro atoms. The van der Waals surface area contributed by atoms with Gasteiger partial charge >= 0.3 is 5.97 Å². The Balaban J connectivity index is 2.58. The molecule has 0 aromatic carbocycles. The Morgan fingerprint density at radius 1 is 1.30 bits per heavy atom. The van der Waals surface area contributed by atoms with Gasteiger partial charge in [0.1, 0.15) is 0 Å². The molecule has 1 saturated heterocycles. The third-order valence-electron chi connectivity index (χ3n) is 3.70. The van der Waals surface area contributed by atoms with Gasteiger partial charge < -0.3 is 4.74 Å². The molecule has 118 valence electrons. The molecular weight excluding hydrogens is 280 g/mol. The Morgan fingerprint density at radius 3 is 2.30 bits per heavy atom. The second kappa shape index (κ2) is 6.87. The molecule has 7 heteroatoms. The second-order valence-corrected chi connectivity index (χ2v) is 7.44. The van der Waals surface area contributed by atoms with Gasteiger partial charge in [0.15, 0.2) is 0 Å². The van der Waals surface area contributed by atoms with E-state index in [1.807, 2.05) is 20.8 Å². The standard InChI is InChI=1S/C13H26N2O4S/c1-5-13(3,4)14-20(17,18)15-9-7-11(8-10-15)12(16)19-6-2/h11,14H,5-10H2,1-4H3. The maximum absolute atomic E-state index is 12.3. The van der Waals surface area contributed by atoms with Crippen LogP contribution in [0.25, 0.3) is 0 Å². The molecule has 1 fully saturated rings. The molecule has 0 aromatic rings. The van der Waals surface area contributed by atoms with Gasteiger partial charge in [0.2, 0.25) is 0 Å². The van der Waals surface area contributed by atoms with Crippen LogP contribution in [0.1, 0.15) is 47.0 Å². The lowest BCUT2D eigenvalue weighted by Crippen LogP contribution is -2.52. The van der Waals surface area contributed by atoms with Gasteiger partial charge in [-0.1, -0.05) is 6.92 Å². The molecule has 0 saturated carbocycles. The highest BCUT2D eigenvalue weighted by molar-refractivity contribution is 7.87. The third-order valence-corrected chi connectivity index (χ3v) is 5.56. The van der Waals surface area contributed by atoms with Crippen molar-refractivity contribution in [1.29, 1.82) is 0 Å². The number of piperidine rings is 1. The fraction of sp³-hybridized carbons (Fsp3) is 0.923. The van der Waals surface area contributed by atoms with Crippen molar-refractivity contribution in [2.75, 3.05) is 19.7 Å². The number of rotatable bonds is 6. The van der Waals surface area contributed by atoms with Crippen LogP contribution >= 0.6 is 0 Å². The number of carbonyl (C=O) groups excluding carboxylic acids is 1. The molecule has 20 heavy (non-hydrogen) atoms. The van der Waals surface area contributed by atoms with Crippen molar-refractivity contribution in [2.45, 2.75) is 52.5 Å². The fourth-order valence-electron chi connectivity index (χ4n) is 2.08. The molecule has 0 aromatic heterocycles. The maximum atomic E-state index is 12.3. The number of hydrogen-bond donors (Lipinski definition) is 1. The highest BCUT2D eigenvalue weighted by Crippen LogP contribution is 2.21. The highest BCUT2D eigenvalue weighted by atomic mass is 32.2. The zero-order valence-electron chi connectivity index (χ0n) is 12.8. The first kappa shape index (κ1) is 17.4. The van der Waals surface area contributed by atoms with Gasteiger partial charge in [-0.15, -0.1) is 0 Å².